The standard InChI is InChI=1S/C22H21NO4/c1-3-7-16-10-12-17(13-11-16)19(24)14-26-22(25)20-15(2)27-21(23-20)18-8-5-4-6-9-18/h4-6,8-13H,3,7,14H2,1-2H3. The van der Waals surface area contributed by atoms with Gasteiger partial charge in [0.05, 0.1) is 0 Å². The molecule has 0 radical (unpaired) electrons. The molecule has 27 heavy (non-hydrogen) atoms. The summed E-state index contributed by atoms with van der Waals surface area (Å²) in [6, 6.07) is 16.6. The Bertz CT molecular complexity index is 927. The normalized spacial score (nSPS) is 10.6. The molecule has 0 aliphatic carbocycles. The number of oxazole rings is 1. The minimum Gasteiger partial charge on any atom is -0.452 e. The lowest BCUT2D eigenvalue weighted by Crippen LogP contribution is -2.15. The second-order valence-electron chi connectivity index (χ2n) is 6.24. The van der Waals surface area contributed by atoms with Crippen LogP contribution in [0.5, 0.6) is 0 Å². The molecule has 0 amide bonds. The number of carbonyl (C=O) groups excluding carboxylic acids is 2. The molecule has 0 saturated carbocycles. The first-order valence-electron chi connectivity index (χ1n) is 8.90. The molecule has 0 aliphatic heterocycles. The van der Waals surface area contributed by atoms with Crippen molar-refractivity contribution in [3.63, 3.8) is 0 Å². The summed E-state index contributed by atoms with van der Waals surface area (Å²) in [5.41, 5.74) is 2.55. The second kappa shape index (κ2) is 8.45. The van der Waals surface area contributed by atoms with E-state index in [1.54, 1.807) is 19.1 Å². The number of hydrogen-bond acceptors (Lipinski definition) is 5. The lowest BCUT2D eigenvalue weighted by molar-refractivity contribution is 0.0468. The minimum absolute atomic E-state index is 0.0833. The Morgan fingerprint density at radius 2 is 1.74 bits per heavy atom. The van der Waals surface area contributed by atoms with Crippen molar-refractivity contribution >= 4 is 11.8 Å². The number of ketones is 1. The molecule has 0 aliphatic rings. The Morgan fingerprint density at radius 1 is 1.04 bits per heavy atom. The number of aromatic nitrogens is 1. The molecule has 0 spiro atoms. The fraction of sp³-hybridized carbons (Fsp3) is 0.227. The number of Topliss-reactive ketones (excluding diaryl/α,β-unsaturated/α-hetero) is 1. The predicted molar refractivity (Wildman–Crippen MR) is 102 cm³/mol. The van der Waals surface area contributed by atoms with Crippen LogP contribution in [-0.4, -0.2) is 23.3 Å². The van der Waals surface area contributed by atoms with Crippen LogP contribution in [0.25, 0.3) is 11.5 Å². The summed E-state index contributed by atoms with van der Waals surface area (Å²) in [5.74, 6) is -0.224. The monoisotopic (exact) mass is 363 g/mol. The number of carbonyl (C=O) groups is 2. The Hall–Kier alpha value is -3.21. The third kappa shape index (κ3) is 4.50. The molecule has 5 heteroatoms. The van der Waals surface area contributed by atoms with Gasteiger partial charge in [-0.25, -0.2) is 9.78 Å². The lowest BCUT2D eigenvalue weighted by Gasteiger charge is -2.04. The zero-order chi connectivity index (χ0) is 19.2. The van der Waals surface area contributed by atoms with Gasteiger partial charge >= 0.3 is 5.97 Å². The van der Waals surface area contributed by atoms with Crippen LogP contribution < -0.4 is 0 Å². The van der Waals surface area contributed by atoms with Crippen molar-refractivity contribution in [2.75, 3.05) is 6.61 Å². The van der Waals surface area contributed by atoms with Crippen LogP contribution in [-0.2, 0) is 11.2 Å². The topological polar surface area (TPSA) is 69.4 Å². The molecule has 2 aromatic carbocycles. The molecule has 1 aromatic heterocycles. The quantitative estimate of drug-likeness (QED) is 0.452. The van der Waals surface area contributed by atoms with Crippen molar-refractivity contribution in [2.24, 2.45) is 0 Å². The molecule has 5 nitrogen and oxygen atoms in total. The SMILES string of the molecule is CCCc1ccc(C(=O)COC(=O)c2nc(-c3ccccc3)oc2C)cc1. The third-order valence-corrected chi connectivity index (χ3v) is 4.16. The first-order valence-corrected chi connectivity index (χ1v) is 8.90. The predicted octanol–water partition coefficient (Wildman–Crippen LogP) is 4.64. The van der Waals surface area contributed by atoms with Gasteiger partial charge in [-0.05, 0) is 31.0 Å². The number of rotatable bonds is 7. The zero-order valence-corrected chi connectivity index (χ0v) is 15.4. The Morgan fingerprint density at radius 3 is 2.41 bits per heavy atom. The average molecular weight is 363 g/mol. The van der Waals surface area contributed by atoms with E-state index < -0.39 is 5.97 Å². The number of aryl methyl sites for hydroxylation is 2. The number of esters is 1. The number of benzene rings is 2. The highest BCUT2D eigenvalue weighted by molar-refractivity contribution is 5.99. The van der Waals surface area contributed by atoms with Gasteiger partial charge in [0.15, 0.2) is 18.1 Å². The molecule has 0 saturated heterocycles. The van der Waals surface area contributed by atoms with Crippen molar-refractivity contribution in [1.29, 1.82) is 0 Å². The van der Waals surface area contributed by atoms with E-state index in [1.165, 1.54) is 5.56 Å². The van der Waals surface area contributed by atoms with Crippen LogP contribution in [0.1, 0.15) is 45.5 Å². The number of ether oxygens (including phenoxy) is 1. The van der Waals surface area contributed by atoms with E-state index in [-0.39, 0.29) is 18.1 Å². The van der Waals surface area contributed by atoms with Crippen molar-refractivity contribution in [1.82, 2.24) is 4.98 Å². The van der Waals surface area contributed by atoms with E-state index in [9.17, 15) is 9.59 Å². The molecule has 138 valence electrons. The fourth-order valence-electron chi connectivity index (χ4n) is 2.72. The Balaban J connectivity index is 1.64. The summed E-state index contributed by atoms with van der Waals surface area (Å²) in [5, 5.41) is 0. The molecule has 0 bridgehead atoms. The molecule has 1 heterocycles. The summed E-state index contributed by atoms with van der Waals surface area (Å²) in [4.78, 5) is 28.7. The number of hydrogen-bond donors (Lipinski definition) is 0. The van der Waals surface area contributed by atoms with E-state index in [2.05, 4.69) is 11.9 Å². The van der Waals surface area contributed by atoms with Crippen molar-refractivity contribution in [2.45, 2.75) is 26.7 Å². The molecule has 0 atom stereocenters. The van der Waals surface area contributed by atoms with Gasteiger partial charge in [-0.1, -0.05) is 55.8 Å². The molecular formula is C22H21NO4. The van der Waals surface area contributed by atoms with E-state index in [0.29, 0.717) is 17.2 Å². The van der Waals surface area contributed by atoms with Crippen LogP contribution in [0.3, 0.4) is 0 Å². The Kier molecular flexibility index (Phi) is 5.81. The zero-order valence-electron chi connectivity index (χ0n) is 15.4. The maximum Gasteiger partial charge on any atom is 0.361 e. The van der Waals surface area contributed by atoms with Gasteiger partial charge in [0.25, 0.3) is 0 Å². The van der Waals surface area contributed by atoms with E-state index in [4.69, 9.17) is 9.15 Å². The minimum atomic E-state index is -0.672. The van der Waals surface area contributed by atoms with Gasteiger partial charge in [0.2, 0.25) is 5.89 Å². The van der Waals surface area contributed by atoms with E-state index in [0.717, 1.165) is 18.4 Å². The van der Waals surface area contributed by atoms with Crippen LogP contribution in [0.2, 0.25) is 0 Å². The van der Waals surface area contributed by atoms with E-state index in [1.807, 2.05) is 42.5 Å². The highest BCUT2D eigenvalue weighted by Gasteiger charge is 2.20. The third-order valence-electron chi connectivity index (χ3n) is 4.16. The summed E-state index contributed by atoms with van der Waals surface area (Å²) >= 11 is 0. The van der Waals surface area contributed by atoms with Crippen molar-refractivity contribution < 1.29 is 18.7 Å². The van der Waals surface area contributed by atoms with E-state index >= 15 is 0 Å². The molecule has 0 unspecified atom stereocenters. The maximum absolute atomic E-state index is 12.3. The average Bonchev–Trinajstić information content (AvgIpc) is 3.09. The summed E-state index contributed by atoms with van der Waals surface area (Å²) < 4.78 is 10.7. The van der Waals surface area contributed by atoms with Crippen LogP contribution in [0, 0.1) is 6.92 Å². The summed E-state index contributed by atoms with van der Waals surface area (Å²) in [7, 11) is 0. The van der Waals surface area contributed by atoms with Crippen LogP contribution >= 0.6 is 0 Å². The molecule has 0 fully saturated rings. The molecular weight excluding hydrogens is 342 g/mol. The summed E-state index contributed by atoms with van der Waals surface area (Å²) in [6.07, 6.45) is 2.02. The highest BCUT2D eigenvalue weighted by atomic mass is 16.5. The van der Waals surface area contributed by atoms with Gasteiger partial charge in [-0.15, -0.1) is 0 Å². The van der Waals surface area contributed by atoms with Crippen LogP contribution in [0.4, 0.5) is 0 Å². The van der Waals surface area contributed by atoms with Gasteiger partial charge in [0.1, 0.15) is 5.76 Å². The number of nitrogens with zero attached hydrogens (tertiary/aromatic N) is 1. The second-order valence-corrected chi connectivity index (χ2v) is 6.24. The molecule has 0 N–H and O–H groups in total. The van der Waals surface area contributed by atoms with Gasteiger partial charge in [-0.2, -0.15) is 0 Å². The Labute approximate surface area is 158 Å². The lowest BCUT2D eigenvalue weighted by atomic mass is 10.1. The van der Waals surface area contributed by atoms with Gasteiger partial charge < -0.3 is 9.15 Å². The van der Waals surface area contributed by atoms with Gasteiger partial charge in [-0.3, -0.25) is 4.79 Å². The van der Waals surface area contributed by atoms with Gasteiger partial charge in [0, 0.05) is 11.1 Å². The fourth-order valence-corrected chi connectivity index (χ4v) is 2.72. The smallest absolute Gasteiger partial charge is 0.361 e. The molecule has 3 rings (SSSR count). The first-order chi connectivity index (χ1) is 13.1. The first kappa shape index (κ1) is 18.6. The molecule has 3 aromatic rings. The van der Waals surface area contributed by atoms with Crippen LogP contribution in [0.15, 0.2) is 59.0 Å². The van der Waals surface area contributed by atoms with Crippen molar-refractivity contribution in [3.8, 4) is 11.5 Å². The van der Waals surface area contributed by atoms with Crippen molar-refractivity contribution in [3.05, 3.63) is 77.2 Å². The largest absolute Gasteiger partial charge is 0.452 e. The summed E-state index contributed by atoms with van der Waals surface area (Å²) in [6.45, 7) is 3.41. The highest BCUT2D eigenvalue weighted by Crippen LogP contribution is 2.21. The maximum atomic E-state index is 12.3.